The molecule has 0 radical (unpaired) electrons. The van der Waals surface area contributed by atoms with E-state index in [0.717, 1.165) is 12.8 Å². The second kappa shape index (κ2) is 9.66. The highest BCUT2D eigenvalue weighted by atomic mass is 32.2. The molecular formula is C12H22N2O4S. The SMILES string of the molecule is CCCC(C)NC(=O)C(C)SCC(NC=O)C(=O)O. The first-order chi connectivity index (χ1) is 8.92. The molecule has 3 N–H and O–H groups in total. The largest absolute Gasteiger partial charge is 0.480 e. The maximum atomic E-state index is 11.8. The van der Waals surface area contributed by atoms with Crippen molar-refractivity contribution in [3.05, 3.63) is 0 Å². The van der Waals surface area contributed by atoms with Crippen molar-refractivity contribution in [2.75, 3.05) is 5.75 Å². The summed E-state index contributed by atoms with van der Waals surface area (Å²) in [4.78, 5) is 32.9. The summed E-state index contributed by atoms with van der Waals surface area (Å²) in [5.41, 5.74) is 0. The van der Waals surface area contributed by atoms with Gasteiger partial charge in [-0.05, 0) is 20.3 Å². The standard InChI is InChI=1S/C12H22N2O4S/c1-4-5-8(2)14-11(16)9(3)19-6-10(12(17)18)13-7-15/h7-10H,4-6H2,1-3H3,(H,13,15)(H,14,16)(H,17,18). The summed E-state index contributed by atoms with van der Waals surface area (Å²) in [6, 6.07) is -0.852. The van der Waals surface area contributed by atoms with Crippen molar-refractivity contribution in [1.29, 1.82) is 0 Å². The van der Waals surface area contributed by atoms with Crippen molar-refractivity contribution in [3.8, 4) is 0 Å². The third-order valence-corrected chi connectivity index (χ3v) is 3.80. The van der Waals surface area contributed by atoms with E-state index in [-0.39, 0.29) is 23.0 Å². The van der Waals surface area contributed by atoms with Crippen molar-refractivity contribution in [2.24, 2.45) is 0 Å². The molecule has 0 aromatic rings. The van der Waals surface area contributed by atoms with Gasteiger partial charge in [0.2, 0.25) is 12.3 Å². The summed E-state index contributed by atoms with van der Waals surface area (Å²) in [5, 5.41) is 13.6. The second-order valence-electron chi connectivity index (χ2n) is 4.35. The van der Waals surface area contributed by atoms with Crippen LogP contribution >= 0.6 is 11.8 Å². The normalized spacial score (nSPS) is 15.1. The van der Waals surface area contributed by atoms with E-state index < -0.39 is 12.0 Å². The topological polar surface area (TPSA) is 95.5 Å². The quantitative estimate of drug-likeness (QED) is 0.512. The summed E-state index contributed by atoms with van der Waals surface area (Å²) in [7, 11) is 0. The van der Waals surface area contributed by atoms with E-state index in [2.05, 4.69) is 10.6 Å². The molecule has 7 heteroatoms. The fourth-order valence-electron chi connectivity index (χ4n) is 1.45. The van der Waals surface area contributed by atoms with Crippen molar-refractivity contribution < 1.29 is 19.5 Å². The van der Waals surface area contributed by atoms with E-state index in [4.69, 9.17) is 5.11 Å². The van der Waals surface area contributed by atoms with Gasteiger partial charge in [0.05, 0.1) is 5.25 Å². The zero-order valence-corrected chi connectivity index (χ0v) is 12.3. The van der Waals surface area contributed by atoms with Crippen LogP contribution in [0.2, 0.25) is 0 Å². The monoisotopic (exact) mass is 290 g/mol. The molecule has 0 fully saturated rings. The van der Waals surface area contributed by atoms with Gasteiger partial charge in [0.15, 0.2) is 0 Å². The lowest BCUT2D eigenvalue weighted by Crippen LogP contribution is -2.41. The first-order valence-corrected chi connectivity index (χ1v) is 7.31. The van der Waals surface area contributed by atoms with Crippen LogP contribution in [0.5, 0.6) is 0 Å². The number of amides is 2. The van der Waals surface area contributed by atoms with Gasteiger partial charge in [0.25, 0.3) is 0 Å². The molecule has 3 atom stereocenters. The molecule has 0 saturated carbocycles. The van der Waals surface area contributed by atoms with E-state index in [1.807, 2.05) is 13.8 Å². The zero-order chi connectivity index (χ0) is 14.8. The fraction of sp³-hybridized carbons (Fsp3) is 0.750. The molecule has 6 nitrogen and oxygen atoms in total. The number of carbonyl (C=O) groups excluding carboxylic acids is 2. The molecule has 0 aliphatic heterocycles. The Morgan fingerprint density at radius 2 is 2.00 bits per heavy atom. The van der Waals surface area contributed by atoms with Crippen LogP contribution < -0.4 is 10.6 Å². The number of nitrogens with one attached hydrogen (secondary N) is 2. The van der Waals surface area contributed by atoms with Gasteiger partial charge in [-0.25, -0.2) is 4.79 Å². The number of hydrogen-bond donors (Lipinski definition) is 3. The molecule has 0 aliphatic carbocycles. The zero-order valence-electron chi connectivity index (χ0n) is 11.5. The molecule has 0 saturated heterocycles. The predicted molar refractivity (Wildman–Crippen MR) is 75.1 cm³/mol. The van der Waals surface area contributed by atoms with E-state index in [1.54, 1.807) is 6.92 Å². The number of rotatable bonds is 10. The molecule has 3 unspecified atom stereocenters. The Morgan fingerprint density at radius 1 is 1.37 bits per heavy atom. The van der Waals surface area contributed by atoms with Gasteiger partial charge in [-0.2, -0.15) is 0 Å². The summed E-state index contributed by atoms with van der Waals surface area (Å²) >= 11 is 1.21. The van der Waals surface area contributed by atoms with Gasteiger partial charge in [0.1, 0.15) is 6.04 Å². The Labute approximate surface area is 117 Å². The van der Waals surface area contributed by atoms with E-state index in [9.17, 15) is 14.4 Å². The minimum absolute atomic E-state index is 0.110. The molecule has 0 bridgehead atoms. The first kappa shape index (κ1) is 17.8. The Kier molecular flexibility index (Phi) is 9.03. The van der Waals surface area contributed by atoms with Crippen LogP contribution in [-0.2, 0) is 14.4 Å². The highest BCUT2D eigenvalue weighted by Gasteiger charge is 2.21. The molecule has 0 rings (SSSR count). The number of carboxylic acids is 1. The lowest BCUT2D eigenvalue weighted by Gasteiger charge is -2.18. The highest BCUT2D eigenvalue weighted by Crippen LogP contribution is 2.12. The van der Waals surface area contributed by atoms with Gasteiger partial charge in [-0.1, -0.05) is 13.3 Å². The molecule has 19 heavy (non-hydrogen) atoms. The molecule has 0 aromatic heterocycles. The summed E-state index contributed by atoms with van der Waals surface area (Å²) in [6.45, 7) is 5.70. The van der Waals surface area contributed by atoms with Crippen LogP contribution in [-0.4, -0.2) is 46.5 Å². The molecule has 2 amide bonds. The second-order valence-corrected chi connectivity index (χ2v) is 5.72. The summed E-state index contributed by atoms with van der Waals surface area (Å²) < 4.78 is 0. The van der Waals surface area contributed by atoms with Gasteiger partial charge in [-0.15, -0.1) is 11.8 Å². The fourth-order valence-corrected chi connectivity index (χ4v) is 2.39. The minimum Gasteiger partial charge on any atom is -0.480 e. The van der Waals surface area contributed by atoms with Crippen molar-refractivity contribution in [1.82, 2.24) is 10.6 Å². The summed E-state index contributed by atoms with van der Waals surface area (Å²) in [6.07, 6.45) is 2.26. The number of carboxylic acid groups (broad SMARTS) is 1. The van der Waals surface area contributed by atoms with E-state index >= 15 is 0 Å². The number of thioether (sulfide) groups is 1. The first-order valence-electron chi connectivity index (χ1n) is 6.26. The predicted octanol–water partition coefficient (Wildman–Crippen LogP) is 0.612. The van der Waals surface area contributed by atoms with Crippen LogP contribution in [0.25, 0.3) is 0 Å². The molecule has 0 aliphatic rings. The molecule has 0 spiro atoms. The van der Waals surface area contributed by atoms with Crippen LogP contribution in [0.3, 0.4) is 0 Å². The van der Waals surface area contributed by atoms with Gasteiger partial charge in [-0.3, -0.25) is 9.59 Å². The Bertz CT molecular complexity index is 312. The van der Waals surface area contributed by atoms with Gasteiger partial charge >= 0.3 is 5.97 Å². The van der Waals surface area contributed by atoms with E-state index in [1.165, 1.54) is 11.8 Å². The molecule has 110 valence electrons. The van der Waals surface area contributed by atoms with Crippen molar-refractivity contribution >= 4 is 30.0 Å². The average molecular weight is 290 g/mol. The molecular weight excluding hydrogens is 268 g/mol. The van der Waals surface area contributed by atoms with E-state index in [0.29, 0.717) is 6.41 Å². The number of carbonyl (C=O) groups is 3. The van der Waals surface area contributed by atoms with Crippen LogP contribution in [0.15, 0.2) is 0 Å². The maximum Gasteiger partial charge on any atom is 0.327 e. The van der Waals surface area contributed by atoms with Crippen LogP contribution in [0, 0.1) is 0 Å². The number of hydrogen-bond acceptors (Lipinski definition) is 4. The number of aliphatic carboxylic acids is 1. The minimum atomic E-state index is -1.11. The van der Waals surface area contributed by atoms with Crippen LogP contribution in [0.4, 0.5) is 0 Å². The summed E-state index contributed by atoms with van der Waals surface area (Å²) in [5.74, 6) is -1.06. The third-order valence-electron chi connectivity index (χ3n) is 2.56. The Balaban J connectivity index is 4.13. The van der Waals surface area contributed by atoms with Crippen molar-refractivity contribution in [2.45, 2.75) is 50.9 Å². The third kappa shape index (κ3) is 7.71. The Morgan fingerprint density at radius 3 is 2.47 bits per heavy atom. The van der Waals surface area contributed by atoms with Gasteiger partial charge in [0, 0.05) is 11.8 Å². The lowest BCUT2D eigenvalue weighted by atomic mass is 10.2. The van der Waals surface area contributed by atoms with Gasteiger partial charge < -0.3 is 15.7 Å². The average Bonchev–Trinajstić information content (AvgIpc) is 2.33. The lowest BCUT2D eigenvalue weighted by molar-refractivity contribution is -0.139. The molecule has 0 aromatic carbocycles. The van der Waals surface area contributed by atoms with Crippen LogP contribution in [0.1, 0.15) is 33.6 Å². The van der Waals surface area contributed by atoms with Crippen molar-refractivity contribution in [3.63, 3.8) is 0 Å². The molecule has 0 heterocycles. The highest BCUT2D eigenvalue weighted by molar-refractivity contribution is 8.00. The Hall–Kier alpha value is -1.24. The maximum absolute atomic E-state index is 11.8. The smallest absolute Gasteiger partial charge is 0.327 e.